The third-order valence-electron chi connectivity index (χ3n) is 3.21. The Kier molecular flexibility index (Phi) is 5.34. The summed E-state index contributed by atoms with van der Waals surface area (Å²) in [6.07, 6.45) is 3.62. The molecule has 0 aromatic carbocycles. The summed E-state index contributed by atoms with van der Waals surface area (Å²) in [6, 6.07) is -0.0509. The van der Waals surface area contributed by atoms with Gasteiger partial charge in [0.2, 0.25) is 15.9 Å². The monoisotopic (exact) mass is 291 g/mol. The van der Waals surface area contributed by atoms with Crippen LogP contribution in [0.3, 0.4) is 0 Å². The molecule has 1 aliphatic rings. The van der Waals surface area contributed by atoms with Gasteiger partial charge in [-0.1, -0.05) is 0 Å². The molecule has 0 aromatic rings. The molecule has 0 saturated carbocycles. The highest BCUT2D eigenvalue weighted by atomic mass is 32.2. The summed E-state index contributed by atoms with van der Waals surface area (Å²) < 4.78 is 24.8. The van der Waals surface area contributed by atoms with Crippen molar-refractivity contribution < 1.29 is 13.2 Å². The molecule has 1 heterocycles. The van der Waals surface area contributed by atoms with Gasteiger partial charge in [-0.15, -0.1) is 0 Å². The normalized spacial score (nSPS) is 18.6. The molecule has 1 saturated heterocycles. The van der Waals surface area contributed by atoms with Crippen LogP contribution in [0.5, 0.6) is 0 Å². The van der Waals surface area contributed by atoms with Gasteiger partial charge in [-0.3, -0.25) is 4.79 Å². The average molecular weight is 291 g/mol. The Morgan fingerprint density at radius 1 is 1.37 bits per heavy atom. The minimum absolute atomic E-state index is 0.0509. The van der Waals surface area contributed by atoms with Crippen LogP contribution < -0.4 is 10.5 Å². The number of hydrogen-bond acceptors (Lipinski definition) is 4. The molecular weight excluding hydrogens is 266 g/mol. The van der Waals surface area contributed by atoms with Crippen molar-refractivity contribution in [2.45, 2.75) is 51.1 Å². The molecular formula is C12H25N3O3S. The molecule has 19 heavy (non-hydrogen) atoms. The van der Waals surface area contributed by atoms with Crippen molar-refractivity contribution in [1.82, 2.24) is 9.62 Å². The lowest BCUT2D eigenvalue weighted by atomic mass is 9.99. The third kappa shape index (κ3) is 6.89. The maximum Gasteiger partial charge on any atom is 0.222 e. The van der Waals surface area contributed by atoms with E-state index in [1.165, 1.54) is 0 Å². The van der Waals surface area contributed by atoms with Crippen LogP contribution in [0.25, 0.3) is 0 Å². The van der Waals surface area contributed by atoms with Crippen LogP contribution in [0, 0.1) is 0 Å². The number of nitrogens with two attached hydrogens (primary N) is 1. The van der Waals surface area contributed by atoms with Gasteiger partial charge >= 0.3 is 0 Å². The van der Waals surface area contributed by atoms with E-state index in [-0.39, 0.29) is 17.5 Å². The predicted octanol–water partition coefficient (Wildman–Crippen LogP) is 0.0441. The Morgan fingerprint density at radius 2 is 1.89 bits per heavy atom. The van der Waals surface area contributed by atoms with Gasteiger partial charge in [0.25, 0.3) is 0 Å². The second-order valence-electron chi connectivity index (χ2n) is 6.03. The Balaban J connectivity index is 2.35. The van der Waals surface area contributed by atoms with Crippen LogP contribution in [0.1, 0.15) is 39.5 Å². The number of carbonyl (C=O) groups excluding carboxylic acids is 1. The molecule has 112 valence electrons. The highest BCUT2D eigenvalue weighted by molar-refractivity contribution is 7.88. The predicted molar refractivity (Wildman–Crippen MR) is 75.1 cm³/mol. The number of carbonyl (C=O) groups is 1. The molecule has 0 aromatic heterocycles. The molecule has 0 unspecified atom stereocenters. The Bertz CT molecular complexity index is 406. The van der Waals surface area contributed by atoms with Crippen LogP contribution in [0.15, 0.2) is 0 Å². The van der Waals surface area contributed by atoms with Crippen LogP contribution in [0.2, 0.25) is 0 Å². The molecule has 0 spiro atoms. The number of likely N-dealkylation sites (tertiary alicyclic amines) is 1. The fourth-order valence-electron chi connectivity index (χ4n) is 2.14. The van der Waals surface area contributed by atoms with Gasteiger partial charge in [-0.2, -0.15) is 0 Å². The van der Waals surface area contributed by atoms with Crippen LogP contribution in [-0.4, -0.2) is 50.2 Å². The Morgan fingerprint density at radius 3 is 2.32 bits per heavy atom. The maximum atomic E-state index is 12.0. The van der Waals surface area contributed by atoms with Gasteiger partial charge in [0.15, 0.2) is 0 Å². The molecule has 0 aliphatic carbocycles. The Labute approximate surface area is 115 Å². The highest BCUT2D eigenvalue weighted by Gasteiger charge is 2.25. The summed E-state index contributed by atoms with van der Waals surface area (Å²) in [7, 11) is -3.16. The maximum absolute atomic E-state index is 12.0. The van der Waals surface area contributed by atoms with Crippen molar-refractivity contribution in [1.29, 1.82) is 0 Å². The largest absolute Gasteiger partial charge is 0.343 e. The molecule has 0 bridgehead atoms. The number of nitrogens with zero attached hydrogens (tertiary/aromatic N) is 1. The van der Waals surface area contributed by atoms with Crippen molar-refractivity contribution in [3.8, 4) is 0 Å². The van der Waals surface area contributed by atoms with E-state index in [0.717, 1.165) is 6.26 Å². The van der Waals surface area contributed by atoms with Crippen LogP contribution in [0.4, 0.5) is 0 Å². The lowest BCUT2D eigenvalue weighted by molar-refractivity contribution is -0.132. The Hall–Kier alpha value is -0.660. The average Bonchev–Trinajstić information content (AvgIpc) is 2.23. The van der Waals surface area contributed by atoms with Crippen LogP contribution in [-0.2, 0) is 14.8 Å². The van der Waals surface area contributed by atoms with Crippen LogP contribution >= 0.6 is 0 Å². The fourth-order valence-corrected chi connectivity index (χ4v) is 2.98. The first-order chi connectivity index (χ1) is 8.57. The minimum atomic E-state index is -3.16. The lowest BCUT2D eigenvalue weighted by Gasteiger charge is -2.32. The summed E-state index contributed by atoms with van der Waals surface area (Å²) in [5.41, 5.74) is 5.53. The number of rotatable bonds is 5. The SMILES string of the molecule is CC(C)(N)CCC(=O)N1CCC(NS(C)(=O)=O)CC1. The first kappa shape index (κ1) is 16.4. The molecule has 1 rings (SSSR count). The molecule has 3 N–H and O–H groups in total. The number of nitrogens with one attached hydrogen (secondary N) is 1. The van der Waals surface area contributed by atoms with E-state index in [4.69, 9.17) is 5.73 Å². The molecule has 1 fully saturated rings. The van der Waals surface area contributed by atoms with Crippen molar-refractivity contribution in [3.63, 3.8) is 0 Å². The van der Waals surface area contributed by atoms with E-state index in [2.05, 4.69) is 4.72 Å². The van der Waals surface area contributed by atoms with Gasteiger partial charge in [-0.05, 0) is 33.1 Å². The van der Waals surface area contributed by atoms with E-state index in [1.807, 2.05) is 13.8 Å². The first-order valence-corrected chi connectivity index (χ1v) is 8.50. The summed E-state index contributed by atoms with van der Waals surface area (Å²) >= 11 is 0. The topological polar surface area (TPSA) is 92.5 Å². The van der Waals surface area contributed by atoms with Crippen molar-refractivity contribution in [2.75, 3.05) is 19.3 Å². The van der Waals surface area contributed by atoms with E-state index >= 15 is 0 Å². The van der Waals surface area contributed by atoms with Gasteiger partial charge < -0.3 is 10.6 Å². The minimum Gasteiger partial charge on any atom is -0.343 e. The standard InChI is InChI=1S/C12H25N3O3S/c1-12(2,13)7-4-11(16)15-8-5-10(6-9-15)14-19(3,17)18/h10,14H,4-9,13H2,1-3H3. The second kappa shape index (κ2) is 6.19. The molecule has 6 nitrogen and oxygen atoms in total. The van der Waals surface area contributed by atoms with Gasteiger partial charge in [-0.25, -0.2) is 13.1 Å². The second-order valence-corrected chi connectivity index (χ2v) is 7.81. The quantitative estimate of drug-likeness (QED) is 0.748. The highest BCUT2D eigenvalue weighted by Crippen LogP contribution is 2.15. The number of piperidine rings is 1. The zero-order valence-corrected chi connectivity index (χ0v) is 12.8. The third-order valence-corrected chi connectivity index (χ3v) is 3.97. The lowest BCUT2D eigenvalue weighted by Crippen LogP contribution is -2.46. The van der Waals surface area contributed by atoms with Gasteiger partial charge in [0, 0.05) is 31.1 Å². The summed E-state index contributed by atoms with van der Waals surface area (Å²) in [4.78, 5) is 13.8. The fraction of sp³-hybridized carbons (Fsp3) is 0.917. The molecule has 7 heteroatoms. The molecule has 1 aliphatic heterocycles. The molecule has 0 radical (unpaired) electrons. The first-order valence-electron chi connectivity index (χ1n) is 6.61. The van der Waals surface area contributed by atoms with E-state index < -0.39 is 10.0 Å². The zero-order valence-electron chi connectivity index (χ0n) is 12.0. The summed E-state index contributed by atoms with van der Waals surface area (Å²) in [5, 5.41) is 0. The van der Waals surface area contributed by atoms with Gasteiger partial charge in [0.1, 0.15) is 0 Å². The van der Waals surface area contributed by atoms with Crippen molar-refractivity contribution in [2.24, 2.45) is 5.73 Å². The zero-order chi connectivity index (χ0) is 14.7. The summed E-state index contributed by atoms with van der Waals surface area (Å²) in [5.74, 6) is 0.108. The van der Waals surface area contributed by atoms with E-state index in [0.29, 0.717) is 38.8 Å². The molecule has 0 atom stereocenters. The van der Waals surface area contributed by atoms with Gasteiger partial charge in [0.05, 0.1) is 6.26 Å². The summed E-state index contributed by atoms with van der Waals surface area (Å²) in [6.45, 7) is 5.03. The van der Waals surface area contributed by atoms with Crippen molar-refractivity contribution in [3.05, 3.63) is 0 Å². The van der Waals surface area contributed by atoms with Crippen molar-refractivity contribution >= 4 is 15.9 Å². The smallest absolute Gasteiger partial charge is 0.222 e. The van der Waals surface area contributed by atoms with E-state index in [9.17, 15) is 13.2 Å². The number of sulfonamides is 1. The van der Waals surface area contributed by atoms with E-state index in [1.54, 1.807) is 4.90 Å². The molecule has 1 amide bonds. The number of hydrogen-bond donors (Lipinski definition) is 2. The number of amides is 1.